The molecule has 2 aromatic heterocycles. The van der Waals surface area contributed by atoms with Crippen LogP contribution in [0.2, 0.25) is 0 Å². The molecule has 0 spiro atoms. The number of para-hydroxylation sites is 1. The summed E-state index contributed by atoms with van der Waals surface area (Å²) >= 11 is 3.28. The summed E-state index contributed by atoms with van der Waals surface area (Å²) in [4.78, 5) is 15.7. The number of nitrogens with one attached hydrogen (secondary N) is 1. The molecule has 32 heavy (non-hydrogen) atoms. The van der Waals surface area contributed by atoms with Crippen molar-refractivity contribution in [3.63, 3.8) is 0 Å². The molecule has 4 nitrogen and oxygen atoms in total. The van der Waals surface area contributed by atoms with E-state index in [9.17, 15) is 4.79 Å². The van der Waals surface area contributed by atoms with Crippen LogP contribution in [0.5, 0.6) is 0 Å². The number of thioether (sulfide) groups is 1. The molecule has 2 aromatic carbocycles. The van der Waals surface area contributed by atoms with Crippen LogP contribution in [-0.2, 0) is 11.3 Å². The van der Waals surface area contributed by atoms with Crippen LogP contribution < -0.4 is 5.43 Å². The molecule has 1 N–H and O–H groups in total. The Labute approximate surface area is 196 Å². The number of hydrazine groups is 1. The number of carbonyl (C=O) groups is 1. The lowest BCUT2D eigenvalue weighted by atomic mass is 10.0. The van der Waals surface area contributed by atoms with Crippen molar-refractivity contribution >= 4 is 45.6 Å². The van der Waals surface area contributed by atoms with Crippen molar-refractivity contribution in [2.24, 2.45) is 0 Å². The summed E-state index contributed by atoms with van der Waals surface area (Å²) in [6.07, 6.45) is 4.31. The highest BCUT2D eigenvalue weighted by molar-refractivity contribution is 8.00. The van der Waals surface area contributed by atoms with Crippen LogP contribution >= 0.6 is 23.1 Å². The summed E-state index contributed by atoms with van der Waals surface area (Å²) in [7, 11) is 0. The van der Waals surface area contributed by atoms with E-state index in [1.54, 1.807) is 28.1 Å². The van der Waals surface area contributed by atoms with E-state index in [4.69, 9.17) is 0 Å². The summed E-state index contributed by atoms with van der Waals surface area (Å²) in [5.41, 5.74) is 7.90. The Bertz CT molecular complexity index is 1270. The Kier molecular flexibility index (Phi) is 5.81. The first-order valence-electron chi connectivity index (χ1n) is 10.8. The Hall–Kier alpha value is -2.96. The molecule has 0 bridgehead atoms. The molecule has 1 unspecified atom stereocenters. The smallest absolute Gasteiger partial charge is 0.252 e. The summed E-state index contributed by atoms with van der Waals surface area (Å²) < 4.78 is 2.24. The van der Waals surface area contributed by atoms with E-state index in [-0.39, 0.29) is 11.9 Å². The number of aromatic nitrogens is 1. The molecule has 162 valence electrons. The SMILES string of the molecule is CCn1cc(SCC(=O)N2NC(c3cccs3)=CC2c2ccc(C)cc2)c2ccccc21. The quantitative estimate of drug-likeness (QED) is 0.346. The van der Waals surface area contributed by atoms with Gasteiger partial charge >= 0.3 is 0 Å². The molecule has 0 saturated carbocycles. The van der Waals surface area contributed by atoms with Crippen LogP contribution in [0.15, 0.2) is 83.2 Å². The number of hydrogen-bond acceptors (Lipinski definition) is 4. The van der Waals surface area contributed by atoms with Gasteiger partial charge in [-0.15, -0.1) is 23.1 Å². The Morgan fingerprint density at radius 1 is 1.09 bits per heavy atom. The predicted octanol–water partition coefficient (Wildman–Crippen LogP) is 6.25. The van der Waals surface area contributed by atoms with E-state index < -0.39 is 0 Å². The van der Waals surface area contributed by atoms with Crippen molar-refractivity contribution < 1.29 is 4.79 Å². The largest absolute Gasteiger partial charge is 0.347 e. The summed E-state index contributed by atoms with van der Waals surface area (Å²) in [5, 5.41) is 5.04. The second-order valence-electron chi connectivity index (χ2n) is 7.87. The molecule has 0 aliphatic carbocycles. The first kappa shape index (κ1) is 20.9. The number of amides is 1. The lowest BCUT2D eigenvalue weighted by molar-refractivity contribution is -0.131. The number of nitrogens with zero attached hydrogens (tertiary/aromatic N) is 2. The van der Waals surface area contributed by atoms with E-state index in [0.29, 0.717) is 5.75 Å². The normalized spacial score (nSPS) is 15.8. The van der Waals surface area contributed by atoms with Crippen LogP contribution in [0.1, 0.15) is 29.0 Å². The van der Waals surface area contributed by atoms with Gasteiger partial charge in [0.2, 0.25) is 0 Å². The minimum absolute atomic E-state index is 0.0664. The fourth-order valence-corrected chi connectivity index (χ4v) is 5.71. The van der Waals surface area contributed by atoms with Crippen LogP contribution in [0.4, 0.5) is 0 Å². The Morgan fingerprint density at radius 2 is 1.91 bits per heavy atom. The van der Waals surface area contributed by atoms with Crippen LogP contribution in [0, 0.1) is 6.92 Å². The third kappa shape index (κ3) is 3.96. The maximum atomic E-state index is 13.4. The fourth-order valence-electron chi connectivity index (χ4n) is 4.06. The van der Waals surface area contributed by atoms with Crippen molar-refractivity contribution in [1.29, 1.82) is 0 Å². The number of thiophene rings is 1. The average molecular weight is 460 g/mol. The third-order valence-corrected chi connectivity index (χ3v) is 7.69. The summed E-state index contributed by atoms with van der Waals surface area (Å²) in [6.45, 7) is 5.13. The van der Waals surface area contributed by atoms with E-state index in [1.807, 2.05) is 6.07 Å². The maximum absolute atomic E-state index is 13.4. The van der Waals surface area contributed by atoms with Gasteiger partial charge in [-0.3, -0.25) is 10.2 Å². The first-order valence-corrected chi connectivity index (χ1v) is 12.6. The van der Waals surface area contributed by atoms with E-state index >= 15 is 0 Å². The molecule has 5 rings (SSSR count). The highest BCUT2D eigenvalue weighted by atomic mass is 32.2. The van der Waals surface area contributed by atoms with Gasteiger partial charge in [0.15, 0.2) is 0 Å². The molecule has 0 saturated heterocycles. The third-order valence-electron chi connectivity index (χ3n) is 5.76. The Balaban J connectivity index is 1.39. The van der Waals surface area contributed by atoms with Gasteiger partial charge < -0.3 is 4.57 Å². The van der Waals surface area contributed by atoms with Crippen molar-refractivity contribution in [1.82, 2.24) is 15.0 Å². The number of hydrogen-bond donors (Lipinski definition) is 1. The van der Waals surface area contributed by atoms with Gasteiger partial charge in [-0.05, 0) is 43.0 Å². The monoisotopic (exact) mass is 459 g/mol. The highest BCUT2D eigenvalue weighted by Gasteiger charge is 2.31. The fraction of sp³-hybridized carbons (Fsp3) is 0.192. The van der Waals surface area contributed by atoms with Crippen LogP contribution in [0.25, 0.3) is 16.6 Å². The molecule has 3 heterocycles. The van der Waals surface area contributed by atoms with Crippen molar-refractivity contribution in [2.45, 2.75) is 31.3 Å². The van der Waals surface area contributed by atoms with Crippen molar-refractivity contribution in [3.05, 3.63) is 94.3 Å². The van der Waals surface area contributed by atoms with Gasteiger partial charge in [0, 0.05) is 28.5 Å². The van der Waals surface area contributed by atoms with Gasteiger partial charge in [-0.25, -0.2) is 5.01 Å². The maximum Gasteiger partial charge on any atom is 0.252 e. The topological polar surface area (TPSA) is 37.3 Å². The predicted molar refractivity (Wildman–Crippen MR) is 135 cm³/mol. The minimum Gasteiger partial charge on any atom is -0.347 e. The number of aryl methyl sites for hydroxylation is 2. The molecule has 1 aliphatic heterocycles. The summed E-state index contributed by atoms with van der Waals surface area (Å²) in [5.74, 6) is 0.440. The lowest BCUT2D eigenvalue weighted by Gasteiger charge is -2.25. The number of fused-ring (bicyclic) bond motifs is 1. The standard InChI is InChI=1S/C26H25N3OS2/c1-3-28-16-25(20-7-4-5-8-22(20)28)32-17-26(30)29-23(19-12-10-18(2)11-13-19)15-21(27-29)24-9-6-14-31-24/h4-16,23,27H,3,17H2,1-2H3. The van der Waals surface area contributed by atoms with Gasteiger partial charge in [-0.2, -0.15) is 0 Å². The van der Waals surface area contributed by atoms with Crippen LogP contribution in [-0.4, -0.2) is 21.2 Å². The first-order chi connectivity index (χ1) is 15.6. The van der Waals surface area contributed by atoms with E-state index in [1.165, 1.54) is 16.5 Å². The Morgan fingerprint density at radius 3 is 2.66 bits per heavy atom. The number of rotatable bonds is 6. The van der Waals surface area contributed by atoms with Gasteiger partial charge in [-0.1, -0.05) is 54.1 Å². The molecule has 1 amide bonds. The second-order valence-corrected chi connectivity index (χ2v) is 9.84. The molecule has 0 radical (unpaired) electrons. The zero-order valence-electron chi connectivity index (χ0n) is 18.1. The van der Waals surface area contributed by atoms with Crippen LogP contribution in [0.3, 0.4) is 0 Å². The average Bonchev–Trinajstić information content (AvgIpc) is 3.56. The minimum atomic E-state index is -0.127. The number of benzene rings is 2. The van der Waals surface area contributed by atoms with E-state index in [2.05, 4.69) is 96.1 Å². The number of carbonyl (C=O) groups excluding carboxylic acids is 1. The van der Waals surface area contributed by atoms with Gasteiger partial charge in [0.25, 0.3) is 5.91 Å². The van der Waals surface area contributed by atoms with Gasteiger partial charge in [0.05, 0.1) is 22.4 Å². The molecule has 1 atom stereocenters. The van der Waals surface area contributed by atoms with Crippen molar-refractivity contribution in [2.75, 3.05) is 5.75 Å². The highest BCUT2D eigenvalue weighted by Crippen LogP contribution is 2.35. The summed E-state index contributed by atoms with van der Waals surface area (Å²) in [6, 6.07) is 20.8. The van der Waals surface area contributed by atoms with Crippen molar-refractivity contribution in [3.8, 4) is 0 Å². The molecule has 0 fully saturated rings. The molecule has 6 heteroatoms. The lowest BCUT2D eigenvalue weighted by Crippen LogP contribution is -2.40. The molecular formula is C26H25N3OS2. The molecule has 1 aliphatic rings. The van der Waals surface area contributed by atoms with Gasteiger partial charge in [0.1, 0.15) is 0 Å². The zero-order valence-corrected chi connectivity index (χ0v) is 19.7. The molecular weight excluding hydrogens is 434 g/mol. The van der Waals surface area contributed by atoms with E-state index in [0.717, 1.165) is 27.6 Å². The second kappa shape index (κ2) is 8.88. The zero-order chi connectivity index (χ0) is 22.1. The molecule has 4 aromatic rings.